The van der Waals surface area contributed by atoms with E-state index in [1.165, 1.54) is 0 Å². The summed E-state index contributed by atoms with van der Waals surface area (Å²) >= 11 is 0. The molecule has 1 unspecified atom stereocenters. The zero-order valence-corrected chi connectivity index (χ0v) is 8.04. The number of aryl methyl sites for hydroxylation is 1. The Bertz CT molecular complexity index is 229. The van der Waals surface area contributed by atoms with Crippen molar-refractivity contribution in [2.75, 3.05) is 6.54 Å². The second-order valence-corrected chi connectivity index (χ2v) is 3.14. The quantitative estimate of drug-likeness (QED) is 0.730. The summed E-state index contributed by atoms with van der Waals surface area (Å²) in [6.45, 7) is 8.25. The van der Waals surface area contributed by atoms with Gasteiger partial charge in [-0.25, -0.2) is 0 Å². The molecule has 0 saturated heterocycles. The number of aromatic nitrogens is 2. The Morgan fingerprint density at radius 2 is 2.42 bits per heavy atom. The molecule has 1 heterocycles. The Hall–Kier alpha value is -0.830. The van der Waals surface area contributed by atoms with Crippen molar-refractivity contribution in [1.82, 2.24) is 15.1 Å². The highest BCUT2D eigenvalue weighted by atomic mass is 15.3. The maximum absolute atomic E-state index is 4.31. The molecule has 3 heteroatoms. The van der Waals surface area contributed by atoms with E-state index < -0.39 is 0 Å². The summed E-state index contributed by atoms with van der Waals surface area (Å²) in [5.74, 6) is 0. The van der Waals surface area contributed by atoms with Crippen molar-refractivity contribution < 1.29 is 0 Å². The molecule has 1 atom stereocenters. The van der Waals surface area contributed by atoms with Gasteiger partial charge in [0.1, 0.15) is 0 Å². The van der Waals surface area contributed by atoms with Gasteiger partial charge < -0.3 is 5.32 Å². The zero-order chi connectivity index (χ0) is 8.97. The highest BCUT2D eigenvalue weighted by molar-refractivity contribution is 4.94. The van der Waals surface area contributed by atoms with Gasteiger partial charge in [0.2, 0.25) is 0 Å². The number of nitrogens with zero attached hydrogens (tertiary/aromatic N) is 2. The molecular weight excluding hydrogens is 150 g/mol. The molecule has 0 spiro atoms. The van der Waals surface area contributed by atoms with E-state index in [2.05, 4.69) is 24.3 Å². The molecule has 0 aliphatic heterocycles. The number of rotatable bonds is 4. The number of likely N-dealkylation sites (N-methyl/N-ethyl adjacent to an activating group) is 1. The topological polar surface area (TPSA) is 29.9 Å². The summed E-state index contributed by atoms with van der Waals surface area (Å²) in [7, 11) is 0. The van der Waals surface area contributed by atoms with Crippen LogP contribution < -0.4 is 5.32 Å². The summed E-state index contributed by atoms with van der Waals surface area (Å²) < 4.78 is 1.97. The minimum atomic E-state index is 0.495. The van der Waals surface area contributed by atoms with E-state index in [-0.39, 0.29) is 0 Å². The predicted octanol–water partition coefficient (Wildman–Crippen LogP) is 1.19. The van der Waals surface area contributed by atoms with E-state index >= 15 is 0 Å². The average Bonchev–Trinajstić information content (AvgIpc) is 2.36. The third kappa shape index (κ3) is 2.66. The Labute approximate surface area is 73.8 Å². The summed E-state index contributed by atoms with van der Waals surface area (Å²) in [6, 6.07) is 2.52. The minimum absolute atomic E-state index is 0.495. The Morgan fingerprint density at radius 3 is 2.92 bits per heavy atom. The number of hydrogen-bond acceptors (Lipinski definition) is 2. The molecule has 1 N–H and O–H groups in total. The van der Waals surface area contributed by atoms with Crippen LogP contribution in [0.3, 0.4) is 0 Å². The average molecular weight is 167 g/mol. The van der Waals surface area contributed by atoms with E-state index in [9.17, 15) is 0 Å². The summed E-state index contributed by atoms with van der Waals surface area (Å²) in [5, 5.41) is 7.65. The van der Waals surface area contributed by atoms with Gasteiger partial charge in [-0.2, -0.15) is 5.10 Å². The van der Waals surface area contributed by atoms with Crippen LogP contribution in [0, 0.1) is 6.92 Å². The largest absolute Gasteiger partial charge is 0.313 e. The summed E-state index contributed by atoms with van der Waals surface area (Å²) in [6.07, 6.45) is 2.02. The lowest BCUT2D eigenvalue weighted by Gasteiger charge is -2.11. The van der Waals surface area contributed by atoms with E-state index in [1.54, 1.807) is 0 Å². The van der Waals surface area contributed by atoms with Crippen LogP contribution in [0.25, 0.3) is 0 Å². The number of nitrogens with one attached hydrogen (secondary N) is 1. The predicted molar refractivity (Wildman–Crippen MR) is 50.1 cm³/mol. The fourth-order valence-electron chi connectivity index (χ4n) is 1.26. The van der Waals surface area contributed by atoms with Crippen molar-refractivity contribution in [3.8, 4) is 0 Å². The molecule has 0 fully saturated rings. The van der Waals surface area contributed by atoms with E-state index in [0.717, 1.165) is 18.8 Å². The Morgan fingerprint density at radius 1 is 1.67 bits per heavy atom. The molecular formula is C9H17N3. The van der Waals surface area contributed by atoms with Gasteiger partial charge in [-0.15, -0.1) is 0 Å². The highest BCUT2D eigenvalue weighted by Crippen LogP contribution is 1.94. The molecule has 0 amide bonds. The second kappa shape index (κ2) is 4.26. The first-order valence-corrected chi connectivity index (χ1v) is 4.45. The lowest BCUT2D eigenvalue weighted by atomic mass is 10.3. The molecule has 0 radical (unpaired) electrons. The normalized spacial score (nSPS) is 13.2. The Kier molecular flexibility index (Phi) is 3.29. The molecule has 1 aromatic rings. The third-order valence-electron chi connectivity index (χ3n) is 1.79. The van der Waals surface area contributed by atoms with Crippen LogP contribution in [0.2, 0.25) is 0 Å². The smallest absolute Gasteiger partial charge is 0.0593 e. The zero-order valence-electron chi connectivity index (χ0n) is 8.04. The number of hydrogen-bond donors (Lipinski definition) is 1. The van der Waals surface area contributed by atoms with Crippen molar-refractivity contribution in [1.29, 1.82) is 0 Å². The molecule has 0 bridgehead atoms. The van der Waals surface area contributed by atoms with Crippen molar-refractivity contribution in [3.05, 3.63) is 18.0 Å². The van der Waals surface area contributed by atoms with Crippen LogP contribution in [0.1, 0.15) is 19.5 Å². The maximum atomic E-state index is 4.31. The van der Waals surface area contributed by atoms with E-state index in [0.29, 0.717) is 6.04 Å². The van der Waals surface area contributed by atoms with Crippen LogP contribution in [-0.4, -0.2) is 22.4 Å². The van der Waals surface area contributed by atoms with E-state index in [4.69, 9.17) is 0 Å². The fraction of sp³-hybridized carbons (Fsp3) is 0.667. The lowest BCUT2D eigenvalue weighted by molar-refractivity contribution is 0.460. The van der Waals surface area contributed by atoms with Gasteiger partial charge in [-0.1, -0.05) is 6.92 Å². The van der Waals surface area contributed by atoms with Crippen LogP contribution in [0.4, 0.5) is 0 Å². The van der Waals surface area contributed by atoms with Gasteiger partial charge in [0.05, 0.1) is 12.2 Å². The molecule has 12 heavy (non-hydrogen) atoms. The van der Waals surface area contributed by atoms with Gasteiger partial charge in [-0.3, -0.25) is 4.68 Å². The summed E-state index contributed by atoms with van der Waals surface area (Å²) in [4.78, 5) is 0. The van der Waals surface area contributed by atoms with Crippen molar-refractivity contribution in [2.24, 2.45) is 0 Å². The van der Waals surface area contributed by atoms with Gasteiger partial charge >= 0.3 is 0 Å². The molecule has 0 aliphatic carbocycles. The second-order valence-electron chi connectivity index (χ2n) is 3.14. The minimum Gasteiger partial charge on any atom is -0.313 e. The lowest BCUT2D eigenvalue weighted by Crippen LogP contribution is -2.30. The van der Waals surface area contributed by atoms with Crippen LogP contribution >= 0.6 is 0 Å². The van der Waals surface area contributed by atoms with Gasteiger partial charge in [0.25, 0.3) is 0 Å². The molecule has 0 saturated carbocycles. The molecule has 1 aromatic heterocycles. The molecule has 68 valence electrons. The summed E-state index contributed by atoms with van der Waals surface area (Å²) in [5.41, 5.74) is 1.08. The van der Waals surface area contributed by atoms with E-state index in [1.807, 2.05) is 23.9 Å². The van der Waals surface area contributed by atoms with Gasteiger partial charge in [0, 0.05) is 12.2 Å². The molecule has 0 aliphatic rings. The SMILES string of the molecule is CCNC(C)Cn1ccc(C)n1. The first-order valence-electron chi connectivity index (χ1n) is 4.45. The van der Waals surface area contributed by atoms with Crippen LogP contribution in [0.5, 0.6) is 0 Å². The molecule has 1 rings (SSSR count). The van der Waals surface area contributed by atoms with Crippen molar-refractivity contribution in [3.63, 3.8) is 0 Å². The van der Waals surface area contributed by atoms with Gasteiger partial charge in [-0.05, 0) is 26.5 Å². The van der Waals surface area contributed by atoms with Gasteiger partial charge in [0.15, 0.2) is 0 Å². The van der Waals surface area contributed by atoms with Crippen LogP contribution in [0.15, 0.2) is 12.3 Å². The first kappa shape index (κ1) is 9.26. The highest BCUT2D eigenvalue weighted by Gasteiger charge is 2.00. The maximum Gasteiger partial charge on any atom is 0.0593 e. The van der Waals surface area contributed by atoms with Crippen molar-refractivity contribution in [2.45, 2.75) is 33.4 Å². The first-order chi connectivity index (χ1) is 5.72. The Balaban J connectivity index is 2.41. The fourth-order valence-corrected chi connectivity index (χ4v) is 1.26. The molecule has 3 nitrogen and oxygen atoms in total. The van der Waals surface area contributed by atoms with Crippen LogP contribution in [-0.2, 0) is 6.54 Å². The third-order valence-corrected chi connectivity index (χ3v) is 1.79. The standard InChI is InChI=1S/C9H17N3/c1-4-10-9(3)7-12-6-5-8(2)11-12/h5-6,9-10H,4,7H2,1-3H3. The molecule has 0 aromatic carbocycles. The van der Waals surface area contributed by atoms with Crippen molar-refractivity contribution >= 4 is 0 Å². The monoisotopic (exact) mass is 167 g/mol.